The van der Waals surface area contributed by atoms with Gasteiger partial charge in [-0.1, -0.05) is 321 Å². The smallest absolute Gasteiger partial charge is 0.306 e. The van der Waals surface area contributed by atoms with E-state index in [0.29, 0.717) is 23.9 Å². The summed E-state index contributed by atoms with van der Waals surface area (Å²) in [6.07, 6.45) is 71.8. The van der Waals surface area contributed by atoms with E-state index in [0.717, 1.165) is 51.4 Å². The summed E-state index contributed by atoms with van der Waals surface area (Å²) in [6.45, 7) is 4.80. The maximum absolute atomic E-state index is 12.9. The minimum absolute atomic E-state index is 0.150. The lowest BCUT2D eigenvalue weighted by Crippen LogP contribution is -2.44. The summed E-state index contributed by atoms with van der Waals surface area (Å²) in [4.78, 5) is 37.3. The molecule has 0 N–H and O–H groups in total. The van der Waals surface area contributed by atoms with E-state index in [4.69, 9.17) is 18.9 Å². The first-order chi connectivity index (χ1) is 38.6. The zero-order valence-corrected chi connectivity index (χ0v) is 53.5. The molecule has 0 bridgehead atoms. The third-order valence-electron chi connectivity index (χ3n) is 16.0. The van der Waals surface area contributed by atoms with E-state index in [1.807, 2.05) is 21.1 Å². The summed E-state index contributed by atoms with van der Waals surface area (Å²) < 4.78 is 22.7. The molecule has 468 valence electrons. The van der Waals surface area contributed by atoms with Crippen LogP contribution in [0.4, 0.5) is 0 Å². The summed E-state index contributed by atoms with van der Waals surface area (Å²) in [7, 11) is 5.93. The highest BCUT2D eigenvalue weighted by Gasteiger charge is 2.22. The number of allylic oxidation sites excluding steroid dienone is 2. The average molecular weight is 1120 g/mol. The van der Waals surface area contributed by atoms with Crippen molar-refractivity contribution in [2.45, 2.75) is 373 Å². The molecule has 2 unspecified atom stereocenters. The number of likely N-dealkylation sites (N-methyl/N-ethyl adjacent to an activating group) is 1. The van der Waals surface area contributed by atoms with Crippen LogP contribution in [0.15, 0.2) is 12.2 Å². The lowest BCUT2D eigenvalue weighted by atomic mass is 10.0. The van der Waals surface area contributed by atoms with Crippen LogP contribution in [0.1, 0.15) is 361 Å². The standard InChI is InChI=1S/C70H135NO8/c1-6-8-10-12-14-16-18-20-22-24-25-26-27-28-29-30-31-32-33-34-35-36-37-38-39-40-41-42-43-44-45-47-48-50-52-54-56-58-60-67(72)77-64-66(65-78-70(69(74)75)76-63-62-71(3,4)5)79-68(73)61-59-57-55-53-51-49-46-23-21-19-17-15-13-11-9-7-2/h23,46,66,70H,6-22,24-45,47-65H2,1-5H3/b46-23-. The number of carbonyl (C=O) groups is 3. The molecule has 0 aromatic heterocycles. The second-order valence-electron chi connectivity index (χ2n) is 25.2. The number of ether oxygens (including phenoxy) is 4. The maximum atomic E-state index is 12.9. The van der Waals surface area contributed by atoms with Crippen LogP contribution >= 0.6 is 0 Å². The predicted molar refractivity (Wildman–Crippen MR) is 334 cm³/mol. The highest BCUT2D eigenvalue weighted by atomic mass is 16.7. The van der Waals surface area contributed by atoms with Gasteiger partial charge in [-0.2, -0.15) is 0 Å². The Balaban J connectivity index is 3.91. The number of unbranched alkanes of at least 4 members (excludes halogenated alkanes) is 49. The molecule has 9 nitrogen and oxygen atoms in total. The Morgan fingerprint density at radius 3 is 0.937 bits per heavy atom. The van der Waals surface area contributed by atoms with Crippen molar-refractivity contribution >= 4 is 17.9 Å². The molecule has 0 saturated heterocycles. The van der Waals surface area contributed by atoms with Gasteiger partial charge in [0.05, 0.1) is 40.3 Å². The Bertz CT molecular complexity index is 1300. The molecule has 0 aliphatic carbocycles. The second-order valence-corrected chi connectivity index (χ2v) is 25.2. The average Bonchev–Trinajstić information content (AvgIpc) is 3.42. The van der Waals surface area contributed by atoms with Gasteiger partial charge in [0.15, 0.2) is 12.4 Å². The lowest BCUT2D eigenvalue weighted by Gasteiger charge is -2.26. The molecule has 0 spiro atoms. The Hall–Kier alpha value is -1.97. The van der Waals surface area contributed by atoms with Crippen LogP contribution in [0.3, 0.4) is 0 Å². The Morgan fingerprint density at radius 2 is 0.646 bits per heavy atom. The van der Waals surface area contributed by atoms with E-state index in [-0.39, 0.29) is 32.2 Å². The van der Waals surface area contributed by atoms with Crippen molar-refractivity contribution in [1.29, 1.82) is 0 Å². The van der Waals surface area contributed by atoms with E-state index in [2.05, 4.69) is 26.0 Å². The summed E-state index contributed by atoms with van der Waals surface area (Å²) in [5.74, 6) is -2.27. The van der Waals surface area contributed by atoms with Gasteiger partial charge in [-0.3, -0.25) is 9.59 Å². The van der Waals surface area contributed by atoms with Gasteiger partial charge in [0, 0.05) is 12.8 Å². The number of aliphatic carboxylic acids is 1. The monoisotopic (exact) mass is 1120 g/mol. The molecular formula is C70H135NO8. The molecule has 0 rings (SSSR count). The molecule has 0 aliphatic rings. The predicted octanol–water partition coefficient (Wildman–Crippen LogP) is 19.9. The summed E-state index contributed by atoms with van der Waals surface area (Å²) in [6, 6.07) is 0. The molecule has 0 saturated carbocycles. The molecule has 0 amide bonds. The van der Waals surface area contributed by atoms with Crippen molar-refractivity contribution in [3.05, 3.63) is 12.2 Å². The Labute approximate surface area is 491 Å². The molecular weight excluding hydrogens is 983 g/mol. The van der Waals surface area contributed by atoms with Gasteiger partial charge in [-0.15, -0.1) is 0 Å². The first-order valence-corrected chi connectivity index (χ1v) is 34.8. The number of esters is 2. The normalized spacial score (nSPS) is 12.7. The van der Waals surface area contributed by atoms with E-state index >= 15 is 0 Å². The summed E-state index contributed by atoms with van der Waals surface area (Å²) in [5.41, 5.74) is 0. The van der Waals surface area contributed by atoms with Crippen molar-refractivity contribution in [3.8, 4) is 0 Å². The van der Waals surface area contributed by atoms with Crippen LogP contribution in [0.25, 0.3) is 0 Å². The number of hydrogen-bond donors (Lipinski definition) is 0. The van der Waals surface area contributed by atoms with Crippen molar-refractivity contribution in [1.82, 2.24) is 0 Å². The van der Waals surface area contributed by atoms with Crippen LogP contribution in [0.2, 0.25) is 0 Å². The van der Waals surface area contributed by atoms with E-state index in [1.54, 1.807) is 0 Å². The molecule has 9 heteroatoms. The molecule has 79 heavy (non-hydrogen) atoms. The zero-order valence-electron chi connectivity index (χ0n) is 53.5. The largest absolute Gasteiger partial charge is 0.545 e. The Morgan fingerprint density at radius 1 is 0.367 bits per heavy atom. The third-order valence-corrected chi connectivity index (χ3v) is 16.0. The molecule has 0 fully saturated rings. The number of quaternary nitrogens is 1. The molecule has 0 aromatic carbocycles. The number of carboxylic acid groups (broad SMARTS) is 1. The quantitative estimate of drug-likeness (QED) is 0.0195. The molecule has 0 radical (unpaired) electrons. The minimum atomic E-state index is -1.62. The summed E-state index contributed by atoms with van der Waals surface area (Å²) in [5, 5.41) is 11.8. The molecule has 0 aliphatic heterocycles. The van der Waals surface area contributed by atoms with Crippen molar-refractivity contribution in [3.63, 3.8) is 0 Å². The second kappa shape index (κ2) is 62.1. The number of rotatable bonds is 66. The van der Waals surface area contributed by atoms with Crippen LogP contribution in [-0.2, 0) is 33.3 Å². The van der Waals surface area contributed by atoms with E-state index < -0.39 is 24.3 Å². The fourth-order valence-electron chi connectivity index (χ4n) is 10.7. The highest BCUT2D eigenvalue weighted by Crippen LogP contribution is 2.19. The van der Waals surface area contributed by atoms with Crippen molar-refractivity contribution in [2.24, 2.45) is 0 Å². The van der Waals surface area contributed by atoms with Gasteiger partial charge < -0.3 is 33.3 Å². The molecule has 0 aromatic rings. The molecule has 2 atom stereocenters. The number of nitrogens with zero attached hydrogens (tertiary/aromatic N) is 1. The number of hydrogen-bond acceptors (Lipinski definition) is 8. The number of carbonyl (C=O) groups excluding carboxylic acids is 3. The van der Waals surface area contributed by atoms with Crippen LogP contribution in [0, 0.1) is 0 Å². The molecule has 0 heterocycles. The first kappa shape index (κ1) is 77.0. The number of carboxylic acids is 1. The van der Waals surface area contributed by atoms with Crippen LogP contribution < -0.4 is 5.11 Å². The van der Waals surface area contributed by atoms with Gasteiger partial charge in [0.25, 0.3) is 0 Å². The van der Waals surface area contributed by atoms with Gasteiger partial charge in [-0.05, 0) is 38.5 Å². The highest BCUT2D eigenvalue weighted by molar-refractivity contribution is 5.70. The lowest BCUT2D eigenvalue weighted by molar-refractivity contribution is -0.870. The van der Waals surface area contributed by atoms with Gasteiger partial charge >= 0.3 is 11.9 Å². The van der Waals surface area contributed by atoms with Crippen LogP contribution in [-0.4, -0.2) is 82.3 Å². The fourth-order valence-corrected chi connectivity index (χ4v) is 10.7. The van der Waals surface area contributed by atoms with Gasteiger partial charge in [0.2, 0.25) is 0 Å². The Kier molecular flexibility index (Phi) is 60.5. The zero-order chi connectivity index (χ0) is 57.6. The van der Waals surface area contributed by atoms with Gasteiger partial charge in [0.1, 0.15) is 13.2 Å². The van der Waals surface area contributed by atoms with E-state index in [9.17, 15) is 19.5 Å². The fraction of sp³-hybridized carbons (Fsp3) is 0.929. The maximum Gasteiger partial charge on any atom is 0.306 e. The summed E-state index contributed by atoms with van der Waals surface area (Å²) >= 11 is 0. The van der Waals surface area contributed by atoms with Crippen LogP contribution in [0.5, 0.6) is 0 Å². The topological polar surface area (TPSA) is 111 Å². The van der Waals surface area contributed by atoms with Crippen molar-refractivity contribution < 1.29 is 42.9 Å². The minimum Gasteiger partial charge on any atom is -0.545 e. The van der Waals surface area contributed by atoms with Crippen molar-refractivity contribution in [2.75, 3.05) is 47.5 Å². The SMILES string of the molecule is CCCCCCCCC/C=C\CCCCCCCC(=O)OC(COC(=O)CCCCCCCCCCCCCCCCCCCCCCCCCCCCCCCCCCCCCCCC)COC(OCC[N+](C)(C)C)C(=O)[O-]. The third kappa shape index (κ3) is 63.5. The van der Waals surface area contributed by atoms with Gasteiger partial charge in [-0.25, -0.2) is 0 Å². The van der Waals surface area contributed by atoms with E-state index in [1.165, 1.54) is 276 Å². The first-order valence-electron chi connectivity index (χ1n) is 34.8.